The van der Waals surface area contributed by atoms with Gasteiger partial charge in [-0.25, -0.2) is 0 Å². The van der Waals surface area contributed by atoms with Crippen molar-refractivity contribution in [3.05, 3.63) is 53.6 Å². The van der Waals surface area contributed by atoms with Gasteiger partial charge in [0.05, 0.1) is 19.3 Å². The van der Waals surface area contributed by atoms with Gasteiger partial charge in [-0.15, -0.1) is 0 Å². The fourth-order valence-corrected chi connectivity index (χ4v) is 5.63. The Morgan fingerprint density at radius 3 is 2.39 bits per heavy atom. The third-order valence-corrected chi connectivity index (χ3v) is 7.37. The van der Waals surface area contributed by atoms with Gasteiger partial charge in [0, 0.05) is 57.9 Å². The molecule has 5 rings (SSSR count). The molecule has 1 amide bonds. The van der Waals surface area contributed by atoms with E-state index in [2.05, 4.69) is 51.1 Å². The zero-order chi connectivity index (χ0) is 22.8. The lowest BCUT2D eigenvalue weighted by Crippen LogP contribution is -2.58. The van der Waals surface area contributed by atoms with Gasteiger partial charge in [-0.2, -0.15) is 0 Å². The van der Waals surface area contributed by atoms with Crippen LogP contribution in [0.4, 0.5) is 5.69 Å². The molecule has 1 saturated carbocycles. The van der Waals surface area contributed by atoms with E-state index < -0.39 is 0 Å². The Bertz CT molecular complexity index is 963. The summed E-state index contributed by atoms with van der Waals surface area (Å²) in [7, 11) is 1.70. The van der Waals surface area contributed by atoms with Crippen molar-refractivity contribution in [2.24, 2.45) is 0 Å². The molecule has 176 valence electrons. The molecule has 0 bridgehead atoms. The summed E-state index contributed by atoms with van der Waals surface area (Å²) in [6.45, 7) is 6.88. The predicted molar refractivity (Wildman–Crippen MR) is 130 cm³/mol. The van der Waals surface area contributed by atoms with Gasteiger partial charge in [-0.1, -0.05) is 24.3 Å². The van der Waals surface area contributed by atoms with Crippen LogP contribution in [0.1, 0.15) is 43.7 Å². The fraction of sp³-hybridized carbons (Fsp3) is 0.519. The van der Waals surface area contributed by atoms with Crippen molar-refractivity contribution >= 4 is 11.6 Å². The number of piperazine rings is 1. The average molecular weight is 450 g/mol. The van der Waals surface area contributed by atoms with Crippen LogP contribution >= 0.6 is 0 Å². The molecule has 3 aliphatic rings. The highest BCUT2D eigenvalue weighted by Crippen LogP contribution is 2.36. The number of hydrogen-bond donors (Lipinski definition) is 0. The summed E-state index contributed by atoms with van der Waals surface area (Å²) < 4.78 is 11.9. The molecule has 2 heterocycles. The van der Waals surface area contributed by atoms with Crippen LogP contribution in [0, 0.1) is 0 Å². The lowest BCUT2D eigenvalue weighted by atomic mass is 10.1. The average Bonchev–Trinajstić information content (AvgIpc) is 3.48. The molecule has 0 aromatic heterocycles. The van der Waals surface area contributed by atoms with Crippen molar-refractivity contribution in [1.82, 2.24) is 9.80 Å². The van der Waals surface area contributed by atoms with Crippen molar-refractivity contribution in [2.45, 2.75) is 57.8 Å². The molecule has 1 aliphatic carbocycles. The number of nitrogens with zero attached hydrogens (tertiary/aromatic N) is 3. The van der Waals surface area contributed by atoms with Crippen LogP contribution in [0.5, 0.6) is 11.5 Å². The van der Waals surface area contributed by atoms with Crippen molar-refractivity contribution in [3.63, 3.8) is 0 Å². The second-order valence-electron chi connectivity index (χ2n) is 9.61. The molecular formula is C27H35N3O3. The third-order valence-electron chi connectivity index (χ3n) is 7.37. The number of benzene rings is 2. The molecule has 1 saturated heterocycles. The van der Waals surface area contributed by atoms with Crippen LogP contribution in [0.25, 0.3) is 0 Å². The van der Waals surface area contributed by atoms with E-state index in [0.717, 1.165) is 69.3 Å². The minimum atomic E-state index is 0.159. The summed E-state index contributed by atoms with van der Waals surface area (Å²) in [5.41, 5.74) is 3.95. The van der Waals surface area contributed by atoms with Crippen molar-refractivity contribution in [2.75, 3.05) is 38.2 Å². The Morgan fingerprint density at radius 1 is 1.00 bits per heavy atom. The van der Waals surface area contributed by atoms with Crippen LogP contribution in [0.3, 0.4) is 0 Å². The SMILES string of the molecule is COc1ccc(N2CCN(C(C)=O)C(CN3Cc4ccccc4C3)C2)cc1OC1CCCC1. The maximum atomic E-state index is 12.4. The largest absolute Gasteiger partial charge is 0.493 e. The number of carbonyl (C=O) groups excluding carboxylic acids is 1. The summed E-state index contributed by atoms with van der Waals surface area (Å²) in [5, 5.41) is 0. The van der Waals surface area contributed by atoms with Crippen LogP contribution in [-0.2, 0) is 17.9 Å². The van der Waals surface area contributed by atoms with Gasteiger partial charge >= 0.3 is 0 Å². The third kappa shape index (κ3) is 4.81. The van der Waals surface area contributed by atoms with Gasteiger partial charge in [0.25, 0.3) is 0 Å². The van der Waals surface area contributed by atoms with E-state index in [1.807, 2.05) is 6.07 Å². The fourth-order valence-electron chi connectivity index (χ4n) is 5.63. The van der Waals surface area contributed by atoms with E-state index in [-0.39, 0.29) is 18.1 Å². The van der Waals surface area contributed by atoms with Crippen LogP contribution in [0.2, 0.25) is 0 Å². The zero-order valence-corrected chi connectivity index (χ0v) is 19.8. The standard InChI is InChI=1S/C27H35N3O3/c1-20(31)30-14-13-29(19-24(30)18-28-16-21-7-3-4-8-22(21)17-28)23-11-12-26(32-2)27(15-23)33-25-9-5-6-10-25/h3-4,7-8,11-12,15,24-25H,5-6,9-10,13-14,16-19H2,1-2H3. The molecule has 0 N–H and O–H groups in total. The molecule has 2 aromatic carbocycles. The predicted octanol–water partition coefficient (Wildman–Crippen LogP) is 4.07. The quantitative estimate of drug-likeness (QED) is 0.665. The van der Waals surface area contributed by atoms with E-state index in [1.54, 1.807) is 14.0 Å². The number of fused-ring (bicyclic) bond motifs is 1. The molecule has 2 aromatic rings. The lowest BCUT2D eigenvalue weighted by Gasteiger charge is -2.43. The highest BCUT2D eigenvalue weighted by molar-refractivity contribution is 5.74. The molecule has 6 nitrogen and oxygen atoms in total. The van der Waals surface area contributed by atoms with Gasteiger partial charge < -0.3 is 19.3 Å². The Morgan fingerprint density at radius 2 is 1.73 bits per heavy atom. The Kier molecular flexibility index (Phi) is 6.45. The number of rotatable bonds is 6. The minimum absolute atomic E-state index is 0.159. The number of methoxy groups -OCH3 is 1. The first-order chi connectivity index (χ1) is 16.1. The van der Waals surface area contributed by atoms with Crippen molar-refractivity contribution in [3.8, 4) is 11.5 Å². The smallest absolute Gasteiger partial charge is 0.219 e. The van der Waals surface area contributed by atoms with Gasteiger partial charge in [0.15, 0.2) is 11.5 Å². The summed E-state index contributed by atoms with van der Waals surface area (Å²) >= 11 is 0. The highest BCUT2D eigenvalue weighted by atomic mass is 16.5. The van der Waals surface area contributed by atoms with E-state index in [9.17, 15) is 4.79 Å². The molecule has 6 heteroatoms. The van der Waals surface area contributed by atoms with Crippen LogP contribution < -0.4 is 14.4 Å². The number of anilines is 1. The number of ether oxygens (including phenoxy) is 2. The maximum Gasteiger partial charge on any atom is 0.219 e. The first-order valence-corrected chi connectivity index (χ1v) is 12.3. The summed E-state index contributed by atoms with van der Waals surface area (Å²) in [4.78, 5) is 19.3. The van der Waals surface area contributed by atoms with Gasteiger partial charge in [-0.3, -0.25) is 9.69 Å². The van der Waals surface area contributed by atoms with Crippen LogP contribution in [0.15, 0.2) is 42.5 Å². The summed E-state index contributed by atoms with van der Waals surface area (Å²) in [5.74, 6) is 1.79. The number of hydrogen-bond acceptors (Lipinski definition) is 5. The zero-order valence-electron chi connectivity index (χ0n) is 19.8. The molecule has 2 fully saturated rings. The van der Waals surface area contributed by atoms with Gasteiger partial charge in [-0.05, 0) is 48.9 Å². The molecule has 0 spiro atoms. The molecule has 1 unspecified atom stereocenters. The first-order valence-electron chi connectivity index (χ1n) is 12.3. The highest BCUT2D eigenvalue weighted by Gasteiger charge is 2.32. The molecule has 0 radical (unpaired) electrons. The topological polar surface area (TPSA) is 45.2 Å². The lowest BCUT2D eigenvalue weighted by molar-refractivity contribution is -0.132. The second-order valence-corrected chi connectivity index (χ2v) is 9.61. The molecule has 1 atom stereocenters. The number of amides is 1. The van der Waals surface area contributed by atoms with Gasteiger partial charge in [0.2, 0.25) is 5.91 Å². The first kappa shape index (κ1) is 22.1. The summed E-state index contributed by atoms with van der Waals surface area (Å²) in [6, 6.07) is 15.1. The van der Waals surface area contributed by atoms with Crippen molar-refractivity contribution < 1.29 is 14.3 Å². The Hall–Kier alpha value is -2.73. The minimum Gasteiger partial charge on any atom is -0.493 e. The number of carbonyl (C=O) groups is 1. The molecular weight excluding hydrogens is 414 g/mol. The van der Waals surface area contributed by atoms with Crippen molar-refractivity contribution in [1.29, 1.82) is 0 Å². The van der Waals surface area contributed by atoms with E-state index in [1.165, 1.54) is 24.0 Å². The Balaban J connectivity index is 1.31. The van der Waals surface area contributed by atoms with E-state index in [4.69, 9.17) is 9.47 Å². The van der Waals surface area contributed by atoms with Gasteiger partial charge in [0.1, 0.15) is 0 Å². The second kappa shape index (κ2) is 9.64. The van der Waals surface area contributed by atoms with E-state index in [0.29, 0.717) is 0 Å². The monoisotopic (exact) mass is 449 g/mol. The van der Waals surface area contributed by atoms with Crippen LogP contribution in [-0.4, -0.2) is 61.1 Å². The molecule has 33 heavy (non-hydrogen) atoms. The normalized spacial score (nSPS) is 21.3. The molecule has 2 aliphatic heterocycles. The Labute approximate surface area is 197 Å². The summed E-state index contributed by atoms with van der Waals surface area (Å²) in [6.07, 6.45) is 4.99. The van der Waals surface area contributed by atoms with E-state index >= 15 is 0 Å². The maximum absolute atomic E-state index is 12.4.